The SMILES string of the molecule is O=C(c1ccccc1)c1cccc(NC(=O)C2CCN(C(=O)CCc3ccccc3)CC2)c1. The van der Waals surface area contributed by atoms with Gasteiger partial charge in [-0.2, -0.15) is 0 Å². The molecule has 3 aromatic carbocycles. The zero-order valence-corrected chi connectivity index (χ0v) is 18.6. The Morgan fingerprint density at radius 1 is 0.788 bits per heavy atom. The largest absolute Gasteiger partial charge is 0.343 e. The number of amides is 2. The number of rotatable bonds is 7. The third-order valence-electron chi connectivity index (χ3n) is 6.12. The van der Waals surface area contributed by atoms with Crippen LogP contribution in [0.3, 0.4) is 0 Å². The van der Waals surface area contributed by atoms with E-state index >= 15 is 0 Å². The van der Waals surface area contributed by atoms with Crippen LogP contribution in [0.1, 0.15) is 40.7 Å². The Hall–Kier alpha value is -3.73. The van der Waals surface area contributed by atoms with Gasteiger partial charge < -0.3 is 10.2 Å². The molecule has 4 rings (SSSR count). The summed E-state index contributed by atoms with van der Waals surface area (Å²) >= 11 is 0. The van der Waals surface area contributed by atoms with E-state index in [2.05, 4.69) is 5.32 Å². The highest BCUT2D eigenvalue weighted by Gasteiger charge is 2.27. The van der Waals surface area contributed by atoms with Crippen LogP contribution in [0.2, 0.25) is 0 Å². The van der Waals surface area contributed by atoms with Crippen LogP contribution in [-0.4, -0.2) is 35.6 Å². The first-order valence-electron chi connectivity index (χ1n) is 11.4. The van der Waals surface area contributed by atoms with Crippen LogP contribution in [0, 0.1) is 5.92 Å². The number of nitrogens with one attached hydrogen (secondary N) is 1. The van der Waals surface area contributed by atoms with Crippen LogP contribution in [-0.2, 0) is 16.0 Å². The summed E-state index contributed by atoms with van der Waals surface area (Å²) in [5.41, 5.74) is 2.93. The number of carbonyl (C=O) groups excluding carboxylic acids is 3. The van der Waals surface area contributed by atoms with E-state index in [1.54, 1.807) is 36.4 Å². The summed E-state index contributed by atoms with van der Waals surface area (Å²) in [5.74, 6) is -0.133. The zero-order chi connectivity index (χ0) is 23.0. The molecule has 1 heterocycles. The van der Waals surface area contributed by atoms with Gasteiger partial charge in [0.2, 0.25) is 11.8 Å². The van der Waals surface area contributed by atoms with Gasteiger partial charge in [0.25, 0.3) is 0 Å². The minimum Gasteiger partial charge on any atom is -0.343 e. The molecule has 0 unspecified atom stereocenters. The molecule has 1 aliphatic heterocycles. The summed E-state index contributed by atoms with van der Waals surface area (Å²) in [7, 11) is 0. The predicted octanol–water partition coefficient (Wildman–Crippen LogP) is 4.73. The summed E-state index contributed by atoms with van der Waals surface area (Å²) in [6.45, 7) is 1.19. The second kappa shape index (κ2) is 10.7. The molecule has 0 saturated carbocycles. The molecule has 0 radical (unpaired) electrons. The zero-order valence-electron chi connectivity index (χ0n) is 18.6. The van der Waals surface area contributed by atoms with Gasteiger partial charge in [0, 0.05) is 42.2 Å². The topological polar surface area (TPSA) is 66.5 Å². The van der Waals surface area contributed by atoms with E-state index in [4.69, 9.17) is 0 Å². The average molecular weight is 441 g/mol. The Morgan fingerprint density at radius 2 is 1.42 bits per heavy atom. The smallest absolute Gasteiger partial charge is 0.227 e. The third-order valence-corrected chi connectivity index (χ3v) is 6.12. The van der Waals surface area contributed by atoms with Gasteiger partial charge in [-0.25, -0.2) is 0 Å². The summed E-state index contributed by atoms with van der Waals surface area (Å²) in [5, 5.41) is 2.95. The summed E-state index contributed by atoms with van der Waals surface area (Å²) in [6.07, 6.45) is 2.51. The van der Waals surface area contributed by atoms with Gasteiger partial charge >= 0.3 is 0 Å². The fourth-order valence-corrected chi connectivity index (χ4v) is 4.18. The molecule has 5 nitrogen and oxygen atoms in total. The minimum atomic E-state index is -0.142. The van der Waals surface area contributed by atoms with Gasteiger partial charge in [0.1, 0.15) is 0 Å². The van der Waals surface area contributed by atoms with E-state index in [9.17, 15) is 14.4 Å². The van der Waals surface area contributed by atoms with Crippen LogP contribution in [0.5, 0.6) is 0 Å². The highest BCUT2D eigenvalue weighted by molar-refractivity contribution is 6.09. The standard InChI is InChI=1S/C28H28N2O3/c31-26(15-14-21-8-3-1-4-9-21)30-18-16-23(17-19-30)28(33)29-25-13-7-12-24(20-25)27(32)22-10-5-2-6-11-22/h1-13,20,23H,14-19H2,(H,29,33). The quantitative estimate of drug-likeness (QED) is 0.540. The van der Waals surface area contributed by atoms with Crippen molar-refractivity contribution in [3.8, 4) is 0 Å². The highest BCUT2D eigenvalue weighted by Crippen LogP contribution is 2.22. The number of anilines is 1. The van der Waals surface area contributed by atoms with E-state index in [0.717, 1.165) is 12.0 Å². The number of nitrogens with zero attached hydrogens (tertiary/aromatic N) is 1. The third kappa shape index (κ3) is 5.95. The molecular weight excluding hydrogens is 412 g/mol. The molecule has 0 atom stereocenters. The van der Waals surface area contributed by atoms with Crippen LogP contribution < -0.4 is 5.32 Å². The van der Waals surface area contributed by atoms with Gasteiger partial charge in [0.05, 0.1) is 0 Å². The van der Waals surface area contributed by atoms with Gasteiger partial charge in [-0.3, -0.25) is 14.4 Å². The molecule has 0 bridgehead atoms. The van der Waals surface area contributed by atoms with E-state index < -0.39 is 0 Å². The number of piperidine rings is 1. The van der Waals surface area contributed by atoms with Crippen LogP contribution in [0.4, 0.5) is 5.69 Å². The van der Waals surface area contributed by atoms with Crippen molar-refractivity contribution in [2.45, 2.75) is 25.7 Å². The number of hydrogen-bond donors (Lipinski definition) is 1. The van der Waals surface area contributed by atoms with Gasteiger partial charge in [0.15, 0.2) is 5.78 Å². The first-order chi connectivity index (χ1) is 16.1. The fourth-order valence-electron chi connectivity index (χ4n) is 4.18. The molecular formula is C28H28N2O3. The van der Waals surface area contributed by atoms with Crippen molar-refractivity contribution in [1.29, 1.82) is 0 Å². The second-order valence-corrected chi connectivity index (χ2v) is 8.41. The Morgan fingerprint density at radius 3 is 2.12 bits per heavy atom. The van der Waals surface area contributed by atoms with E-state index in [1.165, 1.54) is 0 Å². The second-order valence-electron chi connectivity index (χ2n) is 8.41. The lowest BCUT2D eigenvalue weighted by molar-refractivity contribution is -0.134. The highest BCUT2D eigenvalue weighted by atomic mass is 16.2. The summed E-state index contributed by atoms with van der Waals surface area (Å²) in [6, 6.07) is 26.1. The number of ketones is 1. The summed E-state index contributed by atoms with van der Waals surface area (Å²) in [4.78, 5) is 39.9. The molecule has 3 aromatic rings. The lowest BCUT2D eigenvalue weighted by Gasteiger charge is -2.31. The number of hydrogen-bond acceptors (Lipinski definition) is 3. The van der Waals surface area contributed by atoms with E-state index in [0.29, 0.717) is 49.2 Å². The number of likely N-dealkylation sites (tertiary alicyclic amines) is 1. The molecule has 1 fully saturated rings. The molecule has 2 amide bonds. The maximum Gasteiger partial charge on any atom is 0.227 e. The van der Waals surface area contributed by atoms with E-state index in [1.807, 2.05) is 53.4 Å². The lowest BCUT2D eigenvalue weighted by atomic mass is 9.95. The lowest BCUT2D eigenvalue weighted by Crippen LogP contribution is -2.41. The van der Waals surface area contributed by atoms with Crippen LogP contribution in [0.25, 0.3) is 0 Å². The average Bonchev–Trinajstić information content (AvgIpc) is 2.88. The Bertz CT molecular complexity index is 1100. The molecule has 0 aromatic heterocycles. The first-order valence-corrected chi connectivity index (χ1v) is 11.4. The van der Waals surface area contributed by atoms with Crippen molar-refractivity contribution >= 4 is 23.3 Å². The number of carbonyl (C=O) groups is 3. The Labute approximate surface area is 194 Å². The fraction of sp³-hybridized carbons (Fsp3) is 0.250. The Balaban J connectivity index is 1.28. The molecule has 0 spiro atoms. The maximum absolute atomic E-state index is 12.8. The molecule has 168 valence electrons. The summed E-state index contributed by atoms with van der Waals surface area (Å²) < 4.78 is 0. The van der Waals surface area contributed by atoms with Crippen molar-refractivity contribution in [1.82, 2.24) is 4.90 Å². The molecule has 1 aliphatic rings. The predicted molar refractivity (Wildman–Crippen MR) is 129 cm³/mol. The van der Waals surface area contributed by atoms with Crippen molar-refractivity contribution in [3.05, 3.63) is 102 Å². The van der Waals surface area contributed by atoms with Gasteiger partial charge in [-0.05, 0) is 37.0 Å². The van der Waals surface area contributed by atoms with Crippen molar-refractivity contribution in [2.24, 2.45) is 5.92 Å². The monoisotopic (exact) mass is 440 g/mol. The van der Waals surface area contributed by atoms with Crippen molar-refractivity contribution < 1.29 is 14.4 Å². The van der Waals surface area contributed by atoms with Crippen molar-refractivity contribution in [2.75, 3.05) is 18.4 Å². The molecule has 1 saturated heterocycles. The van der Waals surface area contributed by atoms with Crippen molar-refractivity contribution in [3.63, 3.8) is 0 Å². The molecule has 5 heteroatoms. The van der Waals surface area contributed by atoms with Gasteiger partial charge in [-0.1, -0.05) is 72.8 Å². The maximum atomic E-state index is 12.8. The number of aryl methyl sites for hydroxylation is 1. The molecule has 1 N–H and O–H groups in total. The minimum absolute atomic E-state index is 0.0595. The Kier molecular flexibility index (Phi) is 7.30. The van der Waals surface area contributed by atoms with E-state index in [-0.39, 0.29) is 23.5 Å². The van der Waals surface area contributed by atoms with Crippen LogP contribution in [0.15, 0.2) is 84.9 Å². The molecule has 33 heavy (non-hydrogen) atoms. The molecule has 0 aliphatic carbocycles. The normalized spacial score (nSPS) is 14.0. The number of benzene rings is 3. The van der Waals surface area contributed by atoms with Crippen LogP contribution >= 0.6 is 0 Å². The first kappa shape index (κ1) is 22.5. The van der Waals surface area contributed by atoms with Gasteiger partial charge in [-0.15, -0.1) is 0 Å².